The van der Waals surface area contributed by atoms with E-state index in [0.717, 1.165) is 23.6 Å². The molecule has 1 fully saturated rings. The summed E-state index contributed by atoms with van der Waals surface area (Å²) in [6.45, 7) is 2.67. The summed E-state index contributed by atoms with van der Waals surface area (Å²) in [5.74, 6) is 1.69. The van der Waals surface area contributed by atoms with Crippen molar-refractivity contribution < 1.29 is 14.3 Å². The molecule has 0 aliphatic carbocycles. The zero-order valence-corrected chi connectivity index (χ0v) is 10.7. The Hall–Kier alpha value is -1.75. The SMILES string of the molecule is COc1ccc(OC)c(CN2CCNC(=O)C2)c1. The van der Waals surface area contributed by atoms with Gasteiger partial charge in [0.05, 0.1) is 20.8 Å². The topological polar surface area (TPSA) is 50.8 Å². The number of carbonyl (C=O) groups is 1. The number of hydrogen-bond donors (Lipinski definition) is 1. The summed E-state index contributed by atoms with van der Waals surface area (Å²) in [5, 5.41) is 2.81. The molecule has 0 bridgehead atoms. The predicted molar refractivity (Wildman–Crippen MR) is 67.8 cm³/mol. The van der Waals surface area contributed by atoms with Crippen LogP contribution in [0.25, 0.3) is 0 Å². The van der Waals surface area contributed by atoms with E-state index in [9.17, 15) is 4.79 Å². The fraction of sp³-hybridized carbons (Fsp3) is 0.462. The van der Waals surface area contributed by atoms with Gasteiger partial charge in [0.1, 0.15) is 11.5 Å². The van der Waals surface area contributed by atoms with Gasteiger partial charge in [-0.15, -0.1) is 0 Å². The molecule has 1 aliphatic rings. The Kier molecular flexibility index (Phi) is 4.04. The van der Waals surface area contributed by atoms with Crippen LogP contribution in [0.3, 0.4) is 0 Å². The Morgan fingerprint density at radius 3 is 2.83 bits per heavy atom. The molecule has 1 aromatic carbocycles. The number of ether oxygens (including phenoxy) is 2. The van der Waals surface area contributed by atoms with E-state index in [1.54, 1.807) is 14.2 Å². The molecule has 5 heteroatoms. The highest BCUT2D eigenvalue weighted by Crippen LogP contribution is 2.25. The Morgan fingerprint density at radius 2 is 2.17 bits per heavy atom. The smallest absolute Gasteiger partial charge is 0.234 e. The number of rotatable bonds is 4. The molecule has 0 atom stereocenters. The maximum Gasteiger partial charge on any atom is 0.234 e. The van der Waals surface area contributed by atoms with Gasteiger partial charge in [0, 0.05) is 25.2 Å². The normalized spacial score (nSPS) is 16.2. The fourth-order valence-electron chi connectivity index (χ4n) is 2.07. The highest BCUT2D eigenvalue weighted by Gasteiger charge is 2.17. The zero-order valence-electron chi connectivity index (χ0n) is 10.7. The molecule has 1 amide bonds. The van der Waals surface area contributed by atoms with Crippen molar-refractivity contribution >= 4 is 5.91 Å². The van der Waals surface area contributed by atoms with E-state index in [0.29, 0.717) is 19.6 Å². The van der Waals surface area contributed by atoms with Crippen molar-refractivity contribution in [3.8, 4) is 11.5 Å². The highest BCUT2D eigenvalue weighted by atomic mass is 16.5. The molecule has 1 N–H and O–H groups in total. The van der Waals surface area contributed by atoms with Gasteiger partial charge < -0.3 is 14.8 Å². The van der Waals surface area contributed by atoms with Gasteiger partial charge in [-0.05, 0) is 18.2 Å². The number of methoxy groups -OCH3 is 2. The largest absolute Gasteiger partial charge is 0.497 e. The summed E-state index contributed by atoms with van der Waals surface area (Å²) in [6, 6.07) is 5.70. The van der Waals surface area contributed by atoms with Crippen molar-refractivity contribution in [1.29, 1.82) is 0 Å². The van der Waals surface area contributed by atoms with Crippen LogP contribution in [0.1, 0.15) is 5.56 Å². The average molecular weight is 250 g/mol. The number of nitrogens with zero attached hydrogens (tertiary/aromatic N) is 1. The highest BCUT2D eigenvalue weighted by molar-refractivity contribution is 5.78. The van der Waals surface area contributed by atoms with Gasteiger partial charge in [0.25, 0.3) is 0 Å². The van der Waals surface area contributed by atoms with Crippen LogP contribution in [-0.2, 0) is 11.3 Å². The van der Waals surface area contributed by atoms with Crippen LogP contribution in [0.15, 0.2) is 18.2 Å². The molecule has 98 valence electrons. The van der Waals surface area contributed by atoms with E-state index in [2.05, 4.69) is 10.2 Å². The first-order chi connectivity index (χ1) is 8.72. The number of carbonyl (C=O) groups excluding carboxylic acids is 1. The summed E-state index contributed by atoms with van der Waals surface area (Å²) in [4.78, 5) is 13.4. The Labute approximate surface area is 107 Å². The van der Waals surface area contributed by atoms with Gasteiger partial charge in [-0.2, -0.15) is 0 Å². The third kappa shape index (κ3) is 2.92. The number of benzene rings is 1. The first-order valence-electron chi connectivity index (χ1n) is 5.93. The third-order valence-electron chi connectivity index (χ3n) is 3.00. The van der Waals surface area contributed by atoms with E-state index in [-0.39, 0.29) is 5.91 Å². The van der Waals surface area contributed by atoms with Crippen LogP contribution >= 0.6 is 0 Å². The Bertz CT molecular complexity index is 434. The van der Waals surface area contributed by atoms with Gasteiger partial charge in [-0.25, -0.2) is 0 Å². The molecule has 0 radical (unpaired) electrons. The van der Waals surface area contributed by atoms with E-state index >= 15 is 0 Å². The third-order valence-corrected chi connectivity index (χ3v) is 3.00. The van der Waals surface area contributed by atoms with Crippen LogP contribution in [0.5, 0.6) is 11.5 Å². The second-order valence-electron chi connectivity index (χ2n) is 4.24. The van der Waals surface area contributed by atoms with Crippen LogP contribution in [0.2, 0.25) is 0 Å². The maximum atomic E-state index is 11.3. The first-order valence-corrected chi connectivity index (χ1v) is 5.93. The summed E-state index contributed by atoms with van der Waals surface area (Å²) >= 11 is 0. The fourth-order valence-corrected chi connectivity index (χ4v) is 2.07. The first kappa shape index (κ1) is 12.7. The molecule has 0 aromatic heterocycles. The monoisotopic (exact) mass is 250 g/mol. The van der Waals surface area contributed by atoms with Crippen molar-refractivity contribution in [3.63, 3.8) is 0 Å². The van der Waals surface area contributed by atoms with Crippen molar-refractivity contribution in [2.45, 2.75) is 6.54 Å². The molecule has 5 nitrogen and oxygen atoms in total. The molecule has 0 unspecified atom stereocenters. The molecular weight excluding hydrogens is 232 g/mol. The van der Waals surface area contributed by atoms with Crippen LogP contribution < -0.4 is 14.8 Å². The molecule has 1 aliphatic heterocycles. The van der Waals surface area contributed by atoms with Crippen molar-refractivity contribution in [3.05, 3.63) is 23.8 Å². The summed E-state index contributed by atoms with van der Waals surface area (Å²) < 4.78 is 10.5. The van der Waals surface area contributed by atoms with Crippen LogP contribution in [0.4, 0.5) is 0 Å². The minimum absolute atomic E-state index is 0.0723. The number of amides is 1. The number of piperazine rings is 1. The van der Waals surface area contributed by atoms with Crippen LogP contribution in [0, 0.1) is 0 Å². The van der Waals surface area contributed by atoms with E-state index in [1.165, 1.54) is 0 Å². The van der Waals surface area contributed by atoms with E-state index in [1.807, 2.05) is 18.2 Å². The van der Waals surface area contributed by atoms with Gasteiger partial charge in [-0.3, -0.25) is 9.69 Å². The lowest BCUT2D eigenvalue weighted by Gasteiger charge is -2.27. The second kappa shape index (κ2) is 5.73. The Balaban J connectivity index is 2.13. The lowest BCUT2D eigenvalue weighted by atomic mass is 10.1. The van der Waals surface area contributed by atoms with Gasteiger partial charge >= 0.3 is 0 Å². The van der Waals surface area contributed by atoms with Gasteiger partial charge in [0.2, 0.25) is 5.91 Å². The number of hydrogen-bond acceptors (Lipinski definition) is 4. The average Bonchev–Trinajstić information content (AvgIpc) is 2.38. The quantitative estimate of drug-likeness (QED) is 0.852. The number of nitrogens with one attached hydrogen (secondary N) is 1. The Morgan fingerprint density at radius 1 is 1.33 bits per heavy atom. The molecule has 0 saturated carbocycles. The zero-order chi connectivity index (χ0) is 13.0. The molecule has 2 rings (SSSR count). The lowest BCUT2D eigenvalue weighted by molar-refractivity contribution is -0.124. The van der Waals surface area contributed by atoms with Gasteiger partial charge in [-0.1, -0.05) is 0 Å². The molecular formula is C13H18N2O3. The van der Waals surface area contributed by atoms with Crippen LogP contribution in [-0.4, -0.2) is 44.7 Å². The molecule has 0 spiro atoms. The summed E-state index contributed by atoms with van der Waals surface area (Å²) in [7, 11) is 3.29. The van der Waals surface area contributed by atoms with E-state index in [4.69, 9.17) is 9.47 Å². The van der Waals surface area contributed by atoms with E-state index < -0.39 is 0 Å². The lowest BCUT2D eigenvalue weighted by Crippen LogP contribution is -2.47. The minimum atomic E-state index is 0.0723. The second-order valence-corrected chi connectivity index (χ2v) is 4.24. The summed E-state index contributed by atoms with van der Waals surface area (Å²) in [6.07, 6.45) is 0. The maximum absolute atomic E-state index is 11.3. The molecule has 1 saturated heterocycles. The van der Waals surface area contributed by atoms with Crippen molar-refractivity contribution in [1.82, 2.24) is 10.2 Å². The minimum Gasteiger partial charge on any atom is -0.497 e. The molecule has 1 aromatic rings. The van der Waals surface area contributed by atoms with Gasteiger partial charge in [0.15, 0.2) is 0 Å². The summed E-state index contributed by atoms with van der Waals surface area (Å²) in [5.41, 5.74) is 1.03. The molecule has 18 heavy (non-hydrogen) atoms. The predicted octanol–water partition coefficient (Wildman–Crippen LogP) is 0.636. The standard InChI is InChI=1S/C13H18N2O3/c1-17-11-3-4-12(18-2)10(7-11)8-15-6-5-14-13(16)9-15/h3-4,7H,5-6,8-9H2,1-2H3,(H,14,16). The van der Waals surface area contributed by atoms with Crippen molar-refractivity contribution in [2.24, 2.45) is 0 Å². The van der Waals surface area contributed by atoms with Crippen molar-refractivity contribution in [2.75, 3.05) is 33.9 Å². The molecule has 1 heterocycles.